The fourth-order valence-electron chi connectivity index (χ4n) is 2.87. The van der Waals surface area contributed by atoms with Crippen LogP contribution in [0.2, 0.25) is 0 Å². The lowest BCUT2D eigenvalue weighted by Crippen LogP contribution is -2.38. The Hall–Kier alpha value is -0.800. The van der Waals surface area contributed by atoms with Crippen LogP contribution in [0.5, 0.6) is 0 Å². The SMILES string of the molecule is CC1=CC(C)C(=O)N(CCN2CCCC2)C(C)=C1.Cl. The predicted molar refractivity (Wildman–Crippen MR) is 81.3 cm³/mol. The molecule has 1 saturated heterocycles. The van der Waals surface area contributed by atoms with E-state index in [0.717, 1.165) is 18.8 Å². The van der Waals surface area contributed by atoms with E-state index < -0.39 is 0 Å². The average Bonchev–Trinajstić information content (AvgIpc) is 2.78. The molecular weight excluding hydrogens is 260 g/mol. The number of nitrogens with zero attached hydrogens (tertiary/aromatic N) is 2. The molecule has 0 radical (unpaired) electrons. The zero-order chi connectivity index (χ0) is 13.1. The number of likely N-dealkylation sites (tertiary alicyclic amines) is 1. The van der Waals surface area contributed by atoms with Crippen LogP contribution in [0.3, 0.4) is 0 Å². The number of hydrogen-bond donors (Lipinski definition) is 0. The van der Waals surface area contributed by atoms with Crippen LogP contribution in [0, 0.1) is 5.92 Å². The molecule has 2 aliphatic heterocycles. The van der Waals surface area contributed by atoms with Crippen molar-refractivity contribution in [1.29, 1.82) is 0 Å². The number of allylic oxidation sites excluding steroid dienone is 3. The molecule has 0 saturated carbocycles. The van der Waals surface area contributed by atoms with Crippen molar-refractivity contribution < 1.29 is 4.79 Å². The quantitative estimate of drug-likeness (QED) is 0.796. The van der Waals surface area contributed by atoms with Crippen LogP contribution >= 0.6 is 12.4 Å². The van der Waals surface area contributed by atoms with Crippen LogP contribution in [0.4, 0.5) is 0 Å². The Morgan fingerprint density at radius 3 is 2.47 bits per heavy atom. The van der Waals surface area contributed by atoms with E-state index in [2.05, 4.69) is 24.0 Å². The van der Waals surface area contributed by atoms with Gasteiger partial charge in [0.15, 0.2) is 0 Å². The van der Waals surface area contributed by atoms with Crippen molar-refractivity contribution >= 4 is 18.3 Å². The van der Waals surface area contributed by atoms with Crippen LogP contribution in [0.15, 0.2) is 23.4 Å². The van der Waals surface area contributed by atoms with Gasteiger partial charge in [-0.05, 0) is 45.9 Å². The highest BCUT2D eigenvalue weighted by molar-refractivity contribution is 5.85. The number of carbonyl (C=O) groups is 1. The summed E-state index contributed by atoms with van der Waals surface area (Å²) in [5, 5.41) is 0. The monoisotopic (exact) mass is 284 g/mol. The number of carbonyl (C=O) groups excluding carboxylic acids is 1. The van der Waals surface area contributed by atoms with Crippen LogP contribution < -0.4 is 0 Å². The minimum atomic E-state index is -0.00252. The molecule has 0 aliphatic carbocycles. The topological polar surface area (TPSA) is 23.6 Å². The van der Waals surface area contributed by atoms with E-state index in [1.54, 1.807) is 0 Å². The Bertz CT molecular complexity index is 384. The van der Waals surface area contributed by atoms with Gasteiger partial charge in [0.2, 0.25) is 5.91 Å². The van der Waals surface area contributed by atoms with Crippen LogP contribution in [-0.2, 0) is 4.79 Å². The van der Waals surface area contributed by atoms with Crippen LogP contribution in [0.1, 0.15) is 33.6 Å². The first-order valence-corrected chi connectivity index (χ1v) is 6.98. The van der Waals surface area contributed by atoms with E-state index in [9.17, 15) is 4.79 Å². The Balaban J connectivity index is 0.00000180. The van der Waals surface area contributed by atoms with E-state index in [0.29, 0.717) is 0 Å². The maximum atomic E-state index is 12.3. The predicted octanol–water partition coefficient (Wildman–Crippen LogP) is 2.83. The van der Waals surface area contributed by atoms with Gasteiger partial charge in [0.1, 0.15) is 0 Å². The maximum absolute atomic E-state index is 12.3. The minimum absolute atomic E-state index is 0. The summed E-state index contributed by atoms with van der Waals surface area (Å²) in [6.07, 6.45) is 6.78. The lowest BCUT2D eigenvalue weighted by Gasteiger charge is -2.26. The summed E-state index contributed by atoms with van der Waals surface area (Å²) < 4.78 is 0. The third-order valence-electron chi connectivity index (χ3n) is 3.87. The van der Waals surface area contributed by atoms with Gasteiger partial charge in [-0.2, -0.15) is 0 Å². The van der Waals surface area contributed by atoms with Gasteiger partial charge in [-0.25, -0.2) is 0 Å². The van der Waals surface area contributed by atoms with Gasteiger partial charge in [0, 0.05) is 18.8 Å². The van der Waals surface area contributed by atoms with E-state index in [-0.39, 0.29) is 24.2 Å². The highest BCUT2D eigenvalue weighted by Gasteiger charge is 2.23. The first kappa shape index (κ1) is 16.3. The largest absolute Gasteiger partial charge is 0.315 e. The normalized spacial score (nSPS) is 24.7. The zero-order valence-corrected chi connectivity index (χ0v) is 13.0. The van der Waals surface area contributed by atoms with Crippen LogP contribution in [0.25, 0.3) is 0 Å². The van der Waals surface area contributed by atoms with Gasteiger partial charge >= 0.3 is 0 Å². The number of halogens is 1. The lowest BCUT2D eigenvalue weighted by molar-refractivity contribution is -0.131. The molecule has 0 N–H and O–H groups in total. The van der Waals surface area contributed by atoms with E-state index >= 15 is 0 Å². The summed E-state index contributed by atoms with van der Waals surface area (Å²) in [7, 11) is 0. The first-order chi connectivity index (χ1) is 8.58. The molecule has 2 rings (SSSR count). The van der Waals surface area contributed by atoms with Gasteiger partial charge in [0.05, 0.1) is 5.92 Å². The molecule has 2 heterocycles. The molecule has 4 heteroatoms. The van der Waals surface area contributed by atoms with E-state index in [4.69, 9.17) is 0 Å². The smallest absolute Gasteiger partial charge is 0.233 e. The van der Waals surface area contributed by atoms with Crippen molar-refractivity contribution in [2.45, 2.75) is 33.6 Å². The van der Waals surface area contributed by atoms with Crippen LogP contribution in [-0.4, -0.2) is 41.9 Å². The van der Waals surface area contributed by atoms with Crippen molar-refractivity contribution in [3.05, 3.63) is 23.4 Å². The minimum Gasteiger partial charge on any atom is -0.315 e. The molecule has 0 aromatic rings. The highest BCUT2D eigenvalue weighted by Crippen LogP contribution is 2.19. The first-order valence-electron chi connectivity index (χ1n) is 6.98. The van der Waals surface area contributed by atoms with Gasteiger partial charge < -0.3 is 9.80 Å². The molecule has 2 aliphatic rings. The van der Waals surface area contributed by atoms with Gasteiger partial charge in [-0.3, -0.25) is 4.79 Å². The number of amides is 1. The Morgan fingerprint density at radius 1 is 1.21 bits per heavy atom. The van der Waals surface area contributed by atoms with Gasteiger partial charge in [-0.1, -0.05) is 18.6 Å². The highest BCUT2D eigenvalue weighted by atomic mass is 35.5. The van der Waals surface area contributed by atoms with E-state index in [1.165, 1.54) is 31.5 Å². The molecule has 1 unspecified atom stereocenters. The molecule has 3 nitrogen and oxygen atoms in total. The Morgan fingerprint density at radius 2 is 1.84 bits per heavy atom. The second kappa shape index (κ2) is 7.11. The van der Waals surface area contributed by atoms with Gasteiger partial charge in [-0.15, -0.1) is 12.4 Å². The third-order valence-corrected chi connectivity index (χ3v) is 3.87. The average molecular weight is 285 g/mol. The molecule has 19 heavy (non-hydrogen) atoms. The second-order valence-electron chi connectivity index (χ2n) is 5.52. The summed E-state index contributed by atoms with van der Waals surface area (Å²) in [6.45, 7) is 10.3. The summed E-state index contributed by atoms with van der Waals surface area (Å²) in [5.74, 6) is 0.233. The molecule has 0 aromatic heterocycles. The van der Waals surface area contributed by atoms with E-state index in [1.807, 2.05) is 18.7 Å². The summed E-state index contributed by atoms with van der Waals surface area (Å²) in [4.78, 5) is 16.7. The fraction of sp³-hybridized carbons (Fsp3) is 0.667. The molecule has 1 amide bonds. The molecule has 0 spiro atoms. The van der Waals surface area contributed by atoms with Crippen molar-refractivity contribution in [3.8, 4) is 0 Å². The molecule has 1 atom stereocenters. The Labute approximate surface area is 122 Å². The van der Waals surface area contributed by atoms with Crippen molar-refractivity contribution in [1.82, 2.24) is 9.80 Å². The maximum Gasteiger partial charge on any atom is 0.233 e. The molecule has 0 aromatic carbocycles. The summed E-state index contributed by atoms with van der Waals surface area (Å²) in [6, 6.07) is 0. The zero-order valence-electron chi connectivity index (χ0n) is 12.2. The summed E-state index contributed by atoms with van der Waals surface area (Å²) >= 11 is 0. The molecule has 108 valence electrons. The lowest BCUT2D eigenvalue weighted by atomic mass is 10.1. The van der Waals surface area contributed by atoms with Crippen molar-refractivity contribution in [2.24, 2.45) is 5.92 Å². The molecule has 0 bridgehead atoms. The third kappa shape index (κ3) is 4.08. The molecular formula is C15H25ClN2O. The van der Waals surface area contributed by atoms with Crippen molar-refractivity contribution in [3.63, 3.8) is 0 Å². The fourth-order valence-corrected chi connectivity index (χ4v) is 2.87. The standard InChI is InChI=1S/C15H24N2O.ClH/c1-12-10-13(2)15(18)17(14(3)11-12)9-8-16-6-4-5-7-16;/h10-11,13H,4-9H2,1-3H3;1H. The van der Waals surface area contributed by atoms with Gasteiger partial charge in [0.25, 0.3) is 0 Å². The second-order valence-corrected chi connectivity index (χ2v) is 5.52. The molecule has 1 fully saturated rings. The Kier molecular flexibility index (Phi) is 6.08. The van der Waals surface area contributed by atoms with Crippen molar-refractivity contribution in [2.75, 3.05) is 26.2 Å². The summed E-state index contributed by atoms with van der Waals surface area (Å²) in [5.41, 5.74) is 2.27. The number of rotatable bonds is 3. The number of hydrogen-bond acceptors (Lipinski definition) is 2.